The summed E-state index contributed by atoms with van der Waals surface area (Å²) in [6, 6.07) is 9.88. The summed E-state index contributed by atoms with van der Waals surface area (Å²) in [5.41, 5.74) is 0. The highest BCUT2D eigenvalue weighted by atomic mass is 35.7. The van der Waals surface area contributed by atoms with Gasteiger partial charge >= 0.3 is 0 Å². The van der Waals surface area contributed by atoms with Gasteiger partial charge in [-0.25, -0.2) is 0 Å². The summed E-state index contributed by atoms with van der Waals surface area (Å²) in [5, 5.41) is 0. The van der Waals surface area contributed by atoms with Crippen molar-refractivity contribution in [2.75, 3.05) is 13.2 Å². The molecule has 0 radical (unpaired) electrons. The van der Waals surface area contributed by atoms with Crippen molar-refractivity contribution in [3.05, 3.63) is 30.3 Å². The fourth-order valence-corrected chi connectivity index (χ4v) is 1.65. The van der Waals surface area contributed by atoms with Crippen LogP contribution in [0, 0.1) is 0 Å². The molecule has 15 heavy (non-hydrogen) atoms. The summed E-state index contributed by atoms with van der Waals surface area (Å²) >= 11 is 5.40. The van der Waals surface area contributed by atoms with Crippen LogP contribution in [0.5, 0.6) is 5.75 Å². The molecular formula is C11H16ClO2P. The predicted molar refractivity (Wildman–Crippen MR) is 65.9 cm³/mol. The van der Waals surface area contributed by atoms with Crippen molar-refractivity contribution in [1.29, 1.82) is 0 Å². The molecule has 0 amide bonds. The van der Waals surface area contributed by atoms with Crippen molar-refractivity contribution in [1.82, 2.24) is 0 Å². The lowest BCUT2D eigenvalue weighted by atomic mass is 10.2. The zero-order chi connectivity index (χ0) is 10.8. The SMILES string of the molecule is ClPOCCCCCOc1ccccc1. The first kappa shape index (κ1) is 12.8. The van der Waals surface area contributed by atoms with Gasteiger partial charge in [-0.2, -0.15) is 0 Å². The highest BCUT2D eigenvalue weighted by molar-refractivity contribution is 7.64. The van der Waals surface area contributed by atoms with Crippen LogP contribution < -0.4 is 4.74 Å². The lowest BCUT2D eigenvalue weighted by molar-refractivity contribution is 0.293. The molecule has 0 saturated carbocycles. The molecule has 1 unspecified atom stereocenters. The van der Waals surface area contributed by atoms with E-state index in [0.717, 1.165) is 38.2 Å². The number of halogens is 1. The molecule has 1 aromatic carbocycles. The Morgan fingerprint density at radius 1 is 1.00 bits per heavy atom. The first-order valence-corrected chi connectivity index (χ1v) is 7.01. The molecule has 0 bridgehead atoms. The highest BCUT2D eigenvalue weighted by Crippen LogP contribution is 2.17. The Bertz CT molecular complexity index is 244. The maximum Gasteiger partial charge on any atom is 0.119 e. The Morgan fingerprint density at radius 3 is 2.47 bits per heavy atom. The van der Waals surface area contributed by atoms with Crippen molar-refractivity contribution >= 4 is 19.4 Å². The molecule has 4 heteroatoms. The molecule has 1 aromatic rings. The van der Waals surface area contributed by atoms with Gasteiger partial charge in [-0.15, -0.1) is 0 Å². The molecule has 0 aliphatic heterocycles. The van der Waals surface area contributed by atoms with E-state index < -0.39 is 0 Å². The van der Waals surface area contributed by atoms with Gasteiger partial charge in [0.15, 0.2) is 0 Å². The number of hydrogen-bond acceptors (Lipinski definition) is 2. The van der Waals surface area contributed by atoms with E-state index in [1.165, 1.54) is 0 Å². The lowest BCUT2D eigenvalue weighted by Gasteiger charge is -2.05. The Kier molecular flexibility index (Phi) is 7.63. The quantitative estimate of drug-likeness (QED) is 0.510. The van der Waals surface area contributed by atoms with Crippen molar-refractivity contribution in [3.63, 3.8) is 0 Å². The van der Waals surface area contributed by atoms with Crippen LogP contribution in [-0.2, 0) is 4.52 Å². The normalized spacial score (nSPS) is 11.0. The van der Waals surface area contributed by atoms with Gasteiger partial charge in [0.2, 0.25) is 0 Å². The Hall–Kier alpha value is -0.300. The zero-order valence-electron chi connectivity index (χ0n) is 8.62. The van der Waals surface area contributed by atoms with Gasteiger partial charge in [0.1, 0.15) is 13.9 Å². The minimum atomic E-state index is 0.0885. The summed E-state index contributed by atoms with van der Waals surface area (Å²) in [7, 11) is 0.0885. The molecule has 1 rings (SSSR count). The van der Waals surface area contributed by atoms with E-state index >= 15 is 0 Å². The third-order valence-corrected chi connectivity index (χ3v) is 2.60. The van der Waals surface area contributed by atoms with Crippen LogP contribution in [-0.4, -0.2) is 13.2 Å². The number of rotatable bonds is 8. The molecule has 2 nitrogen and oxygen atoms in total. The fraction of sp³-hybridized carbons (Fsp3) is 0.455. The van der Waals surface area contributed by atoms with Crippen molar-refractivity contribution < 1.29 is 9.26 Å². The van der Waals surface area contributed by atoms with Gasteiger partial charge in [-0.1, -0.05) is 29.4 Å². The fourth-order valence-electron chi connectivity index (χ4n) is 1.20. The van der Waals surface area contributed by atoms with Gasteiger partial charge in [0.05, 0.1) is 13.2 Å². The zero-order valence-corrected chi connectivity index (χ0v) is 10.4. The number of hydrogen-bond donors (Lipinski definition) is 0. The second kappa shape index (κ2) is 8.96. The first-order chi connectivity index (χ1) is 7.43. The van der Waals surface area contributed by atoms with Crippen LogP contribution in [0.15, 0.2) is 30.3 Å². The Balaban J connectivity index is 1.93. The van der Waals surface area contributed by atoms with Gasteiger partial charge in [-0.05, 0) is 31.4 Å². The molecule has 0 fully saturated rings. The van der Waals surface area contributed by atoms with E-state index in [0.29, 0.717) is 0 Å². The van der Waals surface area contributed by atoms with Crippen LogP contribution in [0.4, 0.5) is 0 Å². The molecule has 84 valence electrons. The monoisotopic (exact) mass is 246 g/mol. The van der Waals surface area contributed by atoms with E-state index in [1.54, 1.807) is 0 Å². The minimum Gasteiger partial charge on any atom is -0.494 e. The van der Waals surface area contributed by atoms with Crippen LogP contribution in [0.25, 0.3) is 0 Å². The van der Waals surface area contributed by atoms with Crippen molar-refractivity contribution in [2.24, 2.45) is 0 Å². The third kappa shape index (κ3) is 6.72. The average Bonchev–Trinajstić information content (AvgIpc) is 2.29. The lowest BCUT2D eigenvalue weighted by Crippen LogP contribution is -1.97. The van der Waals surface area contributed by atoms with Crippen LogP contribution in [0.2, 0.25) is 0 Å². The van der Waals surface area contributed by atoms with Gasteiger partial charge in [-0.3, -0.25) is 0 Å². The van der Waals surface area contributed by atoms with Crippen LogP contribution >= 0.6 is 19.4 Å². The van der Waals surface area contributed by atoms with Gasteiger partial charge < -0.3 is 9.26 Å². The Labute approximate surface area is 97.6 Å². The topological polar surface area (TPSA) is 18.5 Å². The highest BCUT2D eigenvalue weighted by Gasteiger charge is 1.92. The maximum atomic E-state index is 5.55. The van der Waals surface area contributed by atoms with E-state index in [-0.39, 0.29) is 8.16 Å². The van der Waals surface area contributed by atoms with E-state index in [2.05, 4.69) is 0 Å². The maximum absolute atomic E-state index is 5.55. The molecule has 0 spiro atoms. The van der Waals surface area contributed by atoms with Crippen LogP contribution in [0.1, 0.15) is 19.3 Å². The van der Waals surface area contributed by atoms with Gasteiger partial charge in [0.25, 0.3) is 0 Å². The third-order valence-electron chi connectivity index (χ3n) is 1.96. The minimum absolute atomic E-state index is 0.0885. The molecule has 1 atom stereocenters. The van der Waals surface area contributed by atoms with E-state index in [1.807, 2.05) is 30.3 Å². The predicted octanol–water partition coefficient (Wildman–Crippen LogP) is 4.00. The number of ether oxygens (including phenoxy) is 1. The molecule has 0 aliphatic carbocycles. The Morgan fingerprint density at radius 2 is 1.73 bits per heavy atom. The molecule has 0 N–H and O–H groups in total. The van der Waals surface area contributed by atoms with Crippen molar-refractivity contribution in [2.45, 2.75) is 19.3 Å². The first-order valence-electron chi connectivity index (χ1n) is 5.09. The molecule has 0 saturated heterocycles. The second-order valence-corrected chi connectivity index (χ2v) is 4.05. The number of para-hydroxylation sites is 1. The summed E-state index contributed by atoms with van der Waals surface area (Å²) in [5.74, 6) is 0.941. The second-order valence-electron chi connectivity index (χ2n) is 3.15. The molecular weight excluding hydrogens is 231 g/mol. The number of benzene rings is 1. The van der Waals surface area contributed by atoms with Crippen LogP contribution in [0.3, 0.4) is 0 Å². The smallest absolute Gasteiger partial charge is 0.119 e. The van der Waals surface area contributed by atoms with E-state index in [4.69, 9.17) is 20.5 Å². The van der Waals surface area contributed by atoms with Crippen molar-refractivity contribution in [3.8, 4) is 5.75 Å². The van der Waals surface area contributed by atoms with Gasteiger partial charge in [0, 0.05) is 0 Å². The molecule has 0 heterocycles. The molecule has 0 aliphatic rings. The molecule has 0 aromatic heterocycles. The number of unbranched alkanes of at least 4 members (excludes halogenated alkanes) is 2. The standard InChI is InChI=1S/C11H16ClO2P/c12-15-14-10-6-2-5-9-13-11-7-3-1-4-8-11/h1,3-4,7-8,15H,2,5-6,9-10H2. The largest absolute Gasteiger partial charge is 0.494 e. The summed E-state index contributed by atoms with van der Waals surface area (Å²) < 4.78 is 10.6. The summed E-state index contributed by atoms with van der Waals surface area (Å²) in [6.07, 6.45) is 3.23. The average molecular weight is 247 g/mol. The summed E-state index contributed by atoms with van der Waals surface area (Å²) in [6.45, 7) is 1.53. The van der Waals surface area contributed by atoms with E-state index in [9.17, 15) is 0 Å². The summed E-state index contributed by atoms with van der Waals surface area (Å²) in [4.78, 5) is 0.